The molecule has 0 bridgehead atoms. The highest BCUT2D eigenvalue weighted by Crippen LogP contribution is 2.35. The minimum atomic E-state index is -0.745. The lowest BCUT2D eigenvalue weighted by Gasteiger charge is -2.33. The molecule has 0 heterocycles. The standard InChI is InChI=1S/C19H31NO4/c1-13-10-15(14(2)17(22)11-13)12-16(21)8-6-7-9-20-18(23)24-19(3,4)5/h13,15-17,21-22H,2,7,9-12H2,1,3-5H3,(H,20,23)/t13-,15+,16+,17-/m1/s1. The van der Waals surface area contributed by atoms with E-state index in [1.807, 2.05) is 0 Å². The minimum absolute atomic E-state index is 0.105. The summed E-state index contributed by atoms with van der Waals surface area (Å²) in [6.45, 7) is 11.8. The van der Waals surface area contributed by atoms with Gasteiger partial charge in [-0.05, 0) is 57.4 Å². The smallest absolute Gasteiger partial charge is 0.407 e. The topological polar surface area (TPSA) is 78.8 Å². The van der Waals surface area contributed by atoms with E-state index in [1.54, 1.807) is 20.8 Å². The molecule has 136 valence electrons. The van der Waals surface area contributed by atoms with Crippen LogP contribution in [0.4, 0.5) is 4.79 Å². The first kappa shape index (κ1) is 20.5. The molecule has 0 aromatic heterocycles. The predicted molar refractivity (Wildman–Crippen MR) is 94.3 cm³/mol. The number of amides is 1. The molecule has 1 amide bonds. The van der Waals surface area contributed by atoms with Crippen molar-refractivity contribution in [2.45, 2.75) is 71.2 Å². The van der Waals surface area contributed by atoms with Gasteiger partial charge >= 0.3 is 6.09 Å². The van der Waals surface area contributed by atoms with Crippen molar-refractivity contribution in [1.29, 1.82) is 0 Å². The third kappa shape index (κ3) is 7.85. The molecule has 4 atom stereocenters. The number of ether oxygens (including phenoxy) is 1. The second-order valence-corrected chi connectivity index (χ2v) is 7.62. The summed E-state index contributed by atoms with van der Waals surface area (Å²) < 4.78 is 5.12. The Morgan fingerprint density at radius 2 is 2.12 bits per heavy atom. The Morgan fingerprint density at radius 3 is 2.75 bits per heavy atom. The highest BCUT2D eigenvalue weighted by Gasteiger charge is 2.29. The molecule has 0 saturated heterocycles. The maximum atomic E-state index is 11.5. The average molecular weight is 337 g/mol. The molecule has 0 radical (unpaired) electrons. The van der Waals surface area contributed by atoms with Crippen molar-refractivity contribution < 1.29 is 19.7 Å². The first-order chi connectivity index (χ1) is 11.1. The third-order valence-corrected chi connectivity index (χ3v) is 3.96. The van der Waals surface area contributed by atoms with Crippen LogP contribution in [0.5, 0.6) is 0 Å². The van der Waals surface area contributed by atoms with E-state index in [9.17, 15) is 15.0 Å². The van der Waals surface area contributed by atoms with Crippen LogP contribution < -0.4 is 5.32 Å². The van der Waals surface area contributed by atoms with Crippen molar-refractivity contribution >= 4 is 6.09 Å². The van der Waals surface area contributed by atoms with Crippen molar-refractivity contribution in [3.63, 3.8) is 0 Å². The summed E-state index contributed by atoms with van der Waals surface area (Å²) in [6, 6.07) is 0. The maximum Gasteiger partial charge on any atom is 0.407 e. The first-order valence-corrected chi connectivity index (χ1v) is 8.58. The molecule has 0 aliphatic heterocycles. The van der Waals surface area contributed by atoms with Crippen LogP contribution in [0.15, 0.2) is 12.2 Å². The lowest BCUT2D eigenvalue weighted by Crippen LogP contribution is -2.32. The Hall–Kier alpha value is -1.51. The first-order valence-electron chi connectivity index (χ1n) is 8.58. The van der Waals surface area contributed by atoms with Crippen molar-refractivity contribution in [3.8, 4) is 11.8 Å². The van der Waals surface area contributed by atoms with Gasteiger partial charge in [-0.15, -0.1) is 0 Å². The van der Waals surface area contributed by atoms with E-state index in [0.29, 0.717) is 25.3 Å². The Balaban J connectivity index is 2.31. The Bertz CT molecular complexity index is 498. The molecule has 0 spiro atoms. The second kappa shape index (κ2) is 9.10. The fraction of sp³-hybridized carbons (Fsp3) is 0.737. The summed E-state index contributed by atoms with van der Waals surface area (Å²) in [6.07, 6.45) is 0.921. The van der Waals surface area contributed by atoms with Crippen molar-refractivity contribution in [3.05, 3.63) is 12.2 Å². The van der Waals surface area contributed by atoms with Gasteiger partial charge in [-0.2, -0.15) is 0 Å². The number of carbonyl (C=O) groups is 1. The molecule has 1 aliphatic carbocycles. The van der Waals surface area contributed by atoms with Gasteiger partial charge in [-0.1, -0.05) is 25.3 Å². The molecule has 0 aromatic rings. The van der Waals surface area contributed by atoms with Crippen LogP contribution in [0, 0.1) is 23.7 Å². The van der Waals surface area contributed by atoms with Crippen molar-refractivity contribution in [2.24, 2.45) is 11.8 Å². The zero-order chi connectivity index (χ0) is 18.3. The predicted octanol–water partition coefficient (Wildman–Crippen LogP) is 2.62. The monoisotopic (exact) mass is 337 g/mol. The number of aliphatic hydroxyl groups is 2. The van der Waals surface area contributed by atoms with Crippen LogP contribution in [0.2, 0.25) is 0 Å². The fourth-order valence-corrected chi connectivity index (χ4v) is 2.85. The van der Waals surface area contributed by atoms with Gasteiger partial charge in [0.2, 0.25) is 0 Å². The Labute approximate surface area is 145 Å². The average Bonchev–Trinajstić information content (AvgIpc) is 2.41. The summed E-state index contributed by atoms with van der Waals surface area (Å²) in [5.74, 6) is 6.19. The lowest BCUT2D eigenvalue weighted by atomic mass is 9.75. The summed E-state index contributed by atoms with van der Waals surface area (Å²) in [5, 5.41) is 22.6. The molecule has 24 heavy (non-hydrogen) atoms. The molecule has 1 rings (SSSR count). The number of hydrogen-bond acceptors (Lipinski definition) is 4. The number of alkyl carbamates (subject to hydrolysis) is 1. The molecule has 0 unspecified atom stereocenters. The Morgan fingerprint density at radius 1 is 1.46 bits per heavy atom. The number of hydrogen-bond donors (Lipinski definition) is 3. The van der Waals surface area contributed by atoms with Gasteiger partial charge < -0.3 is 20.3 Å². The van der Waals surface area contributed by atoms with Crippen LogP contribution in [0.3, 0.4) is 0 Å². The second-order valence-electron chi connectivity index (χ2n) is 7.62. The summed E-state index contributed by atoms with van der Waals surface area (Å²) in [7, 11) is 0. The largest absolute Gasteiger partial charge is 0.444 e. The molecule has 1 aliphatic rings. The van der Waals surface area contributed by atoms with Gasteiger partial charge in [-0.3, -0.25) is 0 Å². The normalized spacial score (nSPS) is 25.4. The number of aliphatic hydroxyl groups excluding tert-OH is 2. The van der Waals surface area contributed by atoms with Crippen LogP contribution >= 0.6 is 0 Å². The Kier molecular flexibility index (Phi) is 7.78. The summed E-state index contributed by atoms with van der Waals surface area (Å²) in [4.78, 5) is 11.5. The molecule has 0 aromatic carbocycles. The highest BCUT2D eigenvalue weighted by atomic mass is 16.6. The quantitative estimate of drug-likeness (QED) is 0.419. The third-order valence-electron chi connectivity index (χ3n) is 3.96. The molecule has 3 N–H and O–H groups in total. The van der Waals surface area contributed by atoms with Crippen LogP contribution in [0.25, 0.3) is 0 Å². The molecular formula is C19H31NO4. The van der Waals surface area contributed by atoms with E-state index < -0.39 is 23.9 Å². The zero-order valence-corrected chi connectivity index (χ0v) is 15.3. The lowest BCUT2D eigenvalue weighted by molar-refractivity contribution is 0.0529. The summed E-state index contributed by atoms with van der Waals surface area (Å²) >= 11 is 0. The zero-order valence-electron chi connectivity index (χ0n) is 15.3. The van der Waals surface area contributed by atoms with Crippen LogP contribution in [0.1, 0.15) is 53.4 Å². The number of carbonyl (C=O) groups excluding carboxylic acids is 1. The molecule has 5 heteroatoms. The van der Waals surface area contributed by atoms with E-state index in [4.69, 9.17) is 4.74 Å². The molecule has 1 saturated carbocycles. The van der Waals surface area contributed by atoms with Crippen LogP contribution in [-0.2, 0) is 4.74 Å². The van der Waals surface area contributed by atoms with E-state index in [0.717, 1.165) is 18.4 Å². The summed E-state index contributed by atoms with van der Waals surface area (Å²) in [5.41, 5.74) is 0.288. The van der Waals surface area contributed by atoms with Crippen LogP contribution in [-0.4, -0.2) is 40.7 Å². The van der Waals surface area contributed by atoms with E-state index in [-0.39, 0.29) is 5.92 Å². The van der Waals surface area contributed by atoms with Crippen molar-refractivity contribution in [1.82, 2.24) is 5.32 Å². The molecular weight excluding hydrogens is 306 g/mol. The fourth-order valence-electron chi connectivity index (χ4n) is 2.85. The van der Waals surface area contributed by atoms with Crippen molar-refractivity contribution in [2.75, 3.05) is 6.54 Å². The number of rotatable bonds is 4. The maximum absolute atomic E-state index is 11.5. The number of nitrogens with one attached hydrogen (secondary N) is 1. The highest BCUT2D eigenvalue weighted by molar-refractivity contribution is 5.67. The van der Waals surface area contributed by atoms with Gasteiger partial charge in [0, 0.05) is 13.0 Å². The van der Waals surface area contributed by atoms with Gasteiger partial charge in [0.1, 0.15) is 11.7 Å². The van der Waals surface area contributed by atoms with E-state index >= 15 is 0 Å². The van der Waals surface area contributed by atoms with Gasteiger partial charge in [0.25, 0.3) is 0 Å². The van der Waals surface area contributed by atoms with E-state index in [1.165, 1.54) is 0 Å². The van der Waals surface area contributed by atoms with Gasteiger partial charge in [0.15, 0.2) is 0 Å². The minimum Gasteiger partial charge on any atom is -0.444 e. The van der Waals surface area contributed by atoms with Gasteiger partial charge in [-0.25, -0.2) is 4.79 Å². The molecule has 5 nitrogen and oxygen atoms in total. The molecule has 1 fully saturated rings. The van der Waals surface area contributed by atoms with E-state index in [2.05, 4.69) is 30.7 Å². The SMILES string of the molecule is C=C1[C@H](C[C@@H](O)C#CCCNC(=O)OC(C)(C)C)C[C@@H](C)C[C@H]1O. The van der Waals surface area contributed by atoms with Gasteiger partial charge in [0.05, 0.1) is 6.10 Å².